The van der Waals surface area contributed by atoms with E-state index in [0.717, 1.165) is 23.6 Å². The Kier molecular flexibility index (Phi) is 4.19. The van der Waals surface area contributed by atoms with Crippen molar-refractivity contribution in [2.45, 2.75) is 31.5 Å². The van der Waals surface area contributed by atoms with Gasteiger partial charge in [0.2, 0.25) is 0 Å². The van der Waals surface area contributed by atoms with Gasteiger partial charge in [0.15, 0.2) is 5.17 Å². The first-order valence-electron chi connectivity index (χ1n) is 8.35. The number of nitrogens with zero attached hydrogens (tertiary/aromatic N) is 3. The van der Waals surface area contributed by atoms with Gasteiger partial charge in [0, 0.05) is 18.0 Å². The van der Waals surface area contributed by atoms with Crippen LogP contribution in [0.5, 0.6) is 5.75 Å². The first-order valence-corrected chi connectivity index (χ1v) is 9.34. The first-order chi connectivity index (χ1) is 11.8. The second-order valence-corrected chi connectivity index (χ2v) is 7.10. The van der Waals surface area contributed by atoms with Crippen molar-refractivity contribution in [1.29, 1.82) is 0 Å². The Bertz CT molecular complexity index is 732. The lowest BCUT2D eigenvalue weighted by atomic mass is 9.95. The summed E-state index contributed by atoms with van der Waals surface area (Å²) in [5, 5.41) is 1.17. The monoisotopic (exact) mass is 339 g/mol. The topological polar surface area (TPSA) is 37.7 Å². The Morgan fingerprint density at radius 2 is 2.04 bits per heavy atom. The van der Waals surface area contributed by atoms with Gasteiger partial charge < -0.3 is 9.64 Å². The van der Waals surface area contributed by atoms with Crippen molar-refractivity contribution >= 4 is 16.9 Å². The Morgan fingerprint density at radius 1 is 1.21 bits per heavy atom. The quantitative estimate of drug-likeness (QED) is 0.841. The van der Waals surface area contributed by atoms with E-state index in [-0.39, 0.29) is 12.1 Å². The van der Waals surface area contributed by atoms with Crippen LogP contribution in [0.2, 0.25) is 0 Å². The summed E-state index contributed by atoms with van der Waals surface area (Å²) in [6.45, 7) is 2.26. The minimum absolute atomic E-state index is 0.0523. The van der Waals surface area contributed by atoms with Crippen molar-refractivity contribution in [1.82, 2.24) is 9.88 Å². The lowest BCUT2D eigenvalue weighted by molar-refractivity contribution is 0.255. The highest BCUT2D eigenvalue weighted by Gasteiger charge is 2.45. The average molecular weight is 339 g/mol. The maximum Gasteiger partial charge on any atom is 0.160 e. The number of benzene rings is 1. The number of thioether (sulfide) groups is 1. The summed E-state index contributed by atoms with van der Waals surface area (Å²) in [5.74, 6) is 2.01. The predicted molar refractivity (Wildman–Crippen MR) is 98.5 cm³/mol. The molecule has 3 heterocycles. The van der Waals surface area contributed by atoms with Gasteiger partial charge in [0.1, 0.15) is 11.8 Å². The van der Waals surface area contributed by atoms with Crippen molar-refractivity contribution in [3.63, 3.8) is 0 Å². The normalized spacial score (nSPS) is 25.5. The van der Waals surface area contributed by atoms with Crippen LogP contribution in [0.3, 0.4) is 0 Å². The van der Waals surface area contributed by atoms with E-state index in [1.165, 1.54) is 10.7 Å². The fourth-order valence-corrected chi connectivity index (χ4v) is 4.85. The molecular formula is C19H21N3OS. The minimum atomic E-state index is 0.0523. The molecule has 0 radical (unpaired) electrons. The van der Waals surface area contributed by atoms with E-state index >= 15 is 0 Å². The number of aromatic nitrogens is 1. The van der Waals surface area contributed by atoms with E-state index in [1.807, 2.05) is 42.2 Å². The Hall–Kier alpha value is -2.01. The molecule has 4 nitrogen and oxygen atoms in total. The van der Waals surface area contributed by atoms with Crippen LogP contribution in [0.4, 0.5) is 0 Å². The average Bonchev–Trinajstić information content (AvgIpc) is 3.21. The predicted octanol–water partition coefficient (Wildman–Crippen LogP) is 4.07. The molecule has 0 bridgehead atoms. The van der Waals surface area contributed by atoms with Gasteiger partial charge in [-0.25, -0.2) is 0 Å². The molecule has 1 aromatic carbocycles. The summed E-state index contributed by atoms with van der Waals surface area (Å²) in [6.07, 6.45) is 2.99. The number of rotatable bonds is 4. The molecule has 0 N–H and O–H groups in total. The maximum atomic E-state index is 5.31. The Balaban J connectivity index is 1.76. The first kappa shape index (κ1) is 15.5. The zero-order valence-corrected chi connectivity index (χ0v) is 14.7. The zero-order valence-electron chi connectivity index (χ0n) is 13.9. The second kappa shape index (κ2) is 6.48. The third kappa shape index (κ3) is 2.57. The van der Waals surface area contributed by atoms with E-state index in [0.29, 0.717) is 6.04 Å². The number of hydrogen-bond donors (Lipinski definition) is 0. The molecule has 3 unspecified atom stereocenters. The molecule has 124 valence electrons. The zero-order chi connectivity index (χ0) is 16.5. The van der Waals surface area contributed by atoms with Gasteiger partial charge in [0.25, 0.3) is 0 Å². The SMILES string of the molecule is CCC1CSC2=NC(c3ccccn3)C(c3ccc(OC)cc3)N21. The van der Waals surface area contributed by atoms with E-state index in [2.05, 4.69) is 35.0 Å². The molecule has 2 aliphatic rings. The van der Waals surface area contributed by atoms with Gasteiger partial charge >= 0.3 is 0 Å². The van der Waals surface area contributed by atoms with E-state index < -0.39 is 0 Å². The molecule has 2 aromatic rings. The summed E-state index contributed by atoms with van der Waals surface area (Å²) in [6, 6.07) is 15.3. The number of amidine groups is 1. The van der Waals surface area contributed by atoms with Gasteiger partial charge in [-0.1, -0.05) is 36.9 Å². The summed E-state index contributed by atoms with van der Waals surface area (Å²) >= 11 is 1.87. The van der Waals surface area contributed by atoms with E-state index in [9.17, 15) is 0 Å². The van der Waals surface area contributed by atoms with E-state index in [1.54, 1.807) is 7.11 Å². The molecule has 5 heteroatoms. The smallest absolute Gasteiger partial charge is 0.160 e. The maximum absolute atomic E-state index is 5.31. The molecule has 2 aliphatic heterocycles. The van der Waals surface area contributed by atoms with Gasteiger partial charge in [-0.2, -0.15) is 0 Å². The van der Waals surface area contributed by atoms with Crippen LogP contribution in [0.1, 0.15) is 36.7 Å². The highest BCUT2D eigenvalue weighted by Crippen LogP contribution is 2.48. The summed E-state index contributed by atoms with van der Waals surface area (Å²) in [7, 11) is 1.70. The lowest BCUT2D eigenvalue weighted by Crippen LogP contribution is -2.35. The fourth-order valence-electron chi connectivity index (χ4n) is 3.51. The van der Waals surface area contributed by atoms with Gasteiger partial charge in [-0.15, -0.1) is 0 Å². The molecule has 0 amide bonds. The van der Waals surface area contributed by atoms with Crippen LogP contribution in [-0.4, -0.2) is 34.0 Å². The highest BCUT2D eigenvalue weighted by atomic mass is 32.2. The van der Waals surface area contributed by atoms with Crippen LogP contribution >= 0.6 is 11.8 Å². The molecule has 1 saturated heterocycles. The number of pyridine rings is 1. The van der Waals surface area contributed by atoms with Crippen molar-refractivity contribution in [3.8, 4) is 5.75 Å². The molecule has 0 saturated carbocycles. The molecule has 0 aliphatic carbocycles. The van der Waals surface area contributed by atoms with Gasteiger partial charge in [0.05, 0.1) is 18.8 Å². The number of aliphatic imine (C=N–C) groups is 1. The van der Waals surface area contributed by atoms with Crippen molar-refractivity contribution in [3.05, 3.63) is 59.9 Å². The van der Waals surface area contributed by atoms with Crippen molar-refractivity contribution in [2.24, 2.45) is 4.99 Å². The van der Waals surface area contributed by atoms with Crippen LogP contribution < -0.4 is 4.74 Å². The largest absolute Gasteiger partial charge is 0.497 e. The Morgan fingerprint density at radius 3 is 2.71 bits per heavy atom. The molecular weight excluding hydrogens is 318 g/mol. The molecule has 1 fully saturated rings. The molecule has 3 atom stereocenters. The number of ether oxygens (including phenoxy) is 1. The number of methoxy groups -OCH3 is 1. The van der Waals surface area contributed by atoms with Crippen molar-refractivity contribution < 1.29 is 4.74 Å². The molecule has 1 aromatic heterocycles. The molecule has 4 rings (SSSR count). The summed E-state index contributed by atoms with van der Waals surface area (Å²) < 4.78 is 5.31. The summed E-state index contributed by atoms with van der Waals surface area (Å²) in [5.41, 5.74) is 2.31. The van der Waals surface area contributed by atoms with Crippen molar-refractivity contribution in [2.75, 3.05) is 12.9 Å². The standard InChI is InChI=1S/C19H21N3OS/c1-3-14-12-24-19-21-17(16-6-4-5-11-20-16)18(22(14)19)13-7-9-15(23-2)10-8-13/h4-11,14,17-18H,3,12H2,1-2H3. The molecule has 0 spiro atoms. The number of fused-ring (bicyclic) bond motifs is 1. The Labute approximate surface area is 147 Å². The van der Waals surface area contributed by atoms with Crippen LogP contribution in [0.15, 0.2) is 53.7 Å². The van der Waals surface area contributed by atoms with Crippen LogP contribution in [0, 0.1) is 0 Å². The minimum Gasteiger partial charge on any atom is -0.497 e. The van der Waals surface area contributed by atoms with Crippen LogP contribution in [-0.2, 0) is 0 Å². The third-order valence-corrected chi connectivity index (χ3v) is 5.91. The van der Waals surface area contributed by atoms with Gasteiger partial charge in [-0.05, 0) is 36.2 Å². The van der Waals surface area contributed by atoms with E-state index in [4.69, 9.17) is 9.73 Å². The third-order valence-electron chi connectivity index (χ3n) is 4.79. The van der Waals surface area contributed by atoms with Crippen LogP contribution in [0.25, 0.3) is 0 Å². The highest BCUT2D eigenvalue weighted by molar-refractivity contribution is 8.14. The molecule has 24 heavy (non-hydrogen) atoms. The second-order valence-electron chi connectivity index (χ2n) is 6.11. The van der Waals surface area contributed by atoms with Gasteiger partial charge in [-0.3, -0.25) is 9.98 Å². The summed E-state index contributed by atoms with van der Waals surface area (Å²) in [4.78, 5) is 12.1. The number of hydrogen-bond acceptors (Lipinski definition) is 5. The fraction of sp³-hybridized carbons (Fsp3) is 0.368. The lowest BCUT2D eigenvalue weighted by Gasteiger charge is -2.32.